The van der Waals surface area contributed by atoms with Crippen LogP contribution in [0, 0.1) is 0 Å². The summed E-state index contributed by atoms with van der Waals surface area (Å²) in [6.45, 7) is 0. The quantitative estimate of drug-likeness (QED) is 0.453. The van der Waals surface area contributed by atoms with Crippen LogP contribution in [0.15, 0.2) is 53.4 Å². The molecule has 0 aromatic heterocycles. The number of carbonyl (C=O) groups excluding carboxylic acids is 1. The molecular formula is C13H12ClN3O3S. The summed E-state index contributed by atoms with van der Waals surface area (Å²) in [6, 6.07) is 11.9. The smallest absolute Gasteiger partial charge is 0.265 e. The second-order valence-corrected chi connectivity index (χ2v) is 6.18. The summed E-state index contributed by atoms with van der Waals surface area (Å²) in [5.74, 6) is 4.45. The van der Waals surface area contributed by atoms with Crippen LogP contribution in [-0.2, 0) is 10.0 Å². The van der Waals surface area contributed by atoms with Crippen molar-refractivity contribution >= 4 is 33.2 Å². The van der Waals surface area contributed by atoms with E-state index in [1.807, 2.05) is 5.43 Å². The van der Waals surface area contributed by atoms with Gasteiger partial charge in [-0.15, -0.1) is 0 Å². The normalized spacial score (nSPS) is 11.0. The van der Waals surface area contributed by atoms with Crippen molar-refractivity contribution in [3.8, 4) is 0 Å². The van der Waals surface area contributed by atoms with Gasteiger partial charge < -0.3 is 0 Å². The molecule has 0 aliphatic heterocycles. The van der Waals surface area contributed by atoms with Crippen LogP contribution in [0.1, 0.15) is 10.4 Å². The molecule has 8 heteroatoms. The van der Waals surface area contributed by atoms with E-state index in [2.05, 4.69) is 4.72 Å². The lowest BCUT2D eigenvalue weighted by molar-refractivity contribution is 0.0953. The van der Waals surface area contributed by atoms with E-state index in [0.717, 1.165) is 0 Å². The molecule has 21 heavy (non-hydrogen) atoms. The van der Waals surface area contributed by atoms with Crippen molar-refractivity contribution in [2.75, 3.05) is 4.72 Å². The number of amides is 1. The van der Waals surface area contributed by atoms with Crippen LogP contribution in [0.4, 0.5) is 5.69 Å². The maximum Gasteiger partial charge on any atom is 0.265 e. The molecule has 0 fully saturated rings. The highest BCUT2D eigenvalue weighted by molar-refractivity contribution is 7.92. The van der Waals surface area contributed by atoms with E-state index >= 15 is 0 Å². The summed E-state index contributed by atoms with van der Waals surface area (Å²) in [7, 11) is -3.86. The van der Waals surface area contributed by atoms with Gasteiger partial charge in [0.25, 0.3) is 15.9 Å². The Labute approximate surface area is 126 Å². The van der Waals surface area contributed by atoms with Gasteiger partial charge in [0.15, 0.2) is 0 Å². The van der Waals surface area contributed by atoms with Crippen molar-refractivity contribution < 1.29 is 13.2 Å². The van der Waals surface area contributed by atoms with Crippen LogP contribution >= 0.6 is 11.6 Å². The Morgan fingerprint density at radius 2 is 1.81 bits per heavy atom. The number of carbonyl (C=O) groups is 1. The maximum atomic E-state index is 12.3. The van der Waals surface area contributed by atoms with Gasteiger partial charge in [0.2, 0.25) is 0 Å². The fourth-order valence-electron chi connectivity index (χ4n) is 1.64. The molecule has 0 spiro atoms. The van der Waals surface area contributed by atoms with Crippen molar-refractivity contribution in [1.29, 1.82) is 0 Å². The number of hydrazine groups is 1. The van der Waals surface area contributed by atoms with Crippen molar-refractivity contribution in [3.63, 3.8) is 0 Å². The third-order valence-corrected chi connectivity index (χ3v) is 4.35. The minimum absolute atomic E-state index is 0.0662. The summed E-state index contributed by atoms with van der Waals surface area (Å²) in [4.78, 5) is 11.4. The number of nitrogen functional groups attached to an aromatic ring is 1. The van der Waals surface area contributed by atoms with E-state index in [4.69, 9.17) is 17.4 Å². The fraction of sp³-hybridized carbons (Fsp3) is 0. The highest BCUT2D eigenvalue weighted by Gasteiger charge is 2.17. The van der Waals surface area contributed by atoms with Crippen LogP contribution in [0.2, 0.25) is 5.02 Å². The van der Waals surface area contributed by atoms with E-state index in [1.165, 1.54) is 30.3 Å². The molecule has 0 atom stereocenters. The average molecular weight is 326 g/mol. The topological polar surface area (TPSA) is 101 Å². The lowest BCUT2D eigenvalue weighted by Gasteiger charge is -2.10. The van der Waals surface area contributed by atoms with Crippen molar-refractivity contribution in [2.24, 2.45) is 5.84 Å². The van der Waals surface area contributed by atoms with Crippen LogP contribution in [-0.4, -0.2) is 14.3 Å². The van der Waals surface area contributed by atoms with E-state index in [0.29, 0.717) is 0 Å². The van der Waals surface area contributed by atoms with E-state index in [1.54, 1.807) is 18.2 Å². The molecule has 0 heterocycles. The zero-order chi connectivity index (χ0) is 15.5. The lowest BCUT2D eigenvalue weighted by atomic mass is 10.2. The van der Waals surface area contributed by atoms with Gasteiger partial charge in [-0.3, -0.25) is 14.9 Å². The first kappa shape index (κ1) is 15.3. The molecule has 6 nitrogen and oxygen atoms in total. The predicted octanol–water partition coefficient (Wildman–Crippen LogP) is 1.74. The number of rotatable bonds is 4. The molecule has 4 N–H and O–H groups in total. The Morgan fingerprint density at radius 1 is 1.10 bits per heavy atom. The van der Waals surface area contributed by atoms with E-state index in [9.17, 15) is 13.2 Å². The molecule has 110 valence electrons. The standard InChI is InChI=1S/C13H12ClN3O3S/c14-11-6-1-2-7-12(11)17-21(19,20)10-5-3-4-9(8-10)13(18)16-15/h1-8,17H,15H2,(H,16,18). The zero-order valence-electron chi connectivity index (χ0n) is 10.7. The Bertz CT molecular complexity index is 778. The number of benzene rings is 2. The summed E-state index contributed by atoms with van der Waals surface area (Å²) < 4.78 is 26.9. The molecule has 2 aromatic rings. The number of sulfonamides is 1. The number of nitrogens with one attached hydrogen (secondary N) is 2. The summed E-state index contributed by atoms with van der Waals surface area (Å²) in [5.41, 5.74) is 2.34. The highest BCUT2D eigenvalue weighted by atomic mass is 35.5. The summed E-state index contributed by atoms with van der Waals surface area (Å²) >= 11 is 5.91. The van der Waals surface area contributed by atoms with Gasteiger partial charge in [0, 0.05) is 5.56 Å². The Balaban J connectivity index is 2.36. The second kappa shape index (κ2) is 6.13. The van der Waals surface area contributed by atoms with Crippen molar-refractivity contribution in [1.82, 2.24) is 5.43 Å². The van der Waals surface area contributed by atoms with Gasteiger partial charge in [-0.25, -0.2) is 14.3 Å². The van der Waals surface area contributed by atoms with E-state index in [-0.39, 0.29) is 21.2 Å². The monoisotopic (exact) mass is 325 g/mol. The molecule has 0 unspecified atom stereocenters. The molecule has 0 bridgehead atoms. The molecule has 2 aromatic carbocycles. The van der Waals surface area contributed by atoms with Crippen molar-refractivity contribution in [2.45, 2.75) is 4.90 Å². The molecule has 0 radical (unpaired) electrons. The van der Waals surface area contributed by atoms with Crippen LogP contribution in [0.25, 0.3) is 0 Å². The minimum atomic E-state index is -3.86. The first-order valence-electron chi connectivity index (χ1n) is 5.82. The number of halogens is 1. The SMILES string of the molecule is NNC(=O)c1cccc(S(=O)(=O)Nc2ccccc2Cl)c1. The number of nitrogens with two attached hydrogens (primary N) is 1. The molecule has 0 saturated heterocycles. The Kier molecular flexibility index (Phi) is 4.46. The maximum absolute atomic E-state index is 12.3. The lowest BCUT2D eigenvalue weighted by Crippen LogP contribution is -2.30. The largest absolute Gasteiger partial charge is 0.290 e. The number of hydrogen-bond donors (Lipinski definition) is 3. The van der Waals surface area contributed by atoms with Gasteiger partial charge in [-0.1, -0.05) is 29.8 Å². The number of anilines is 1. The third-order valence-electron chi connectivity index (χ3n) is 2.66. The summed E-state index contributed by atoms with van der Waals surface area (Å²) in [6.07, 6.45) is 0. The predicted molar refractivity (Wildman–Crippen MR) is 80.4 cm³/mol. The van der Waals surface area contributed by atoms with Gasteiger partial charge in [-0.05, 0) is 30.3 Å². The van der Waals surface area contributed by atoms with Crippen LogP contribution in [0.5, 0.6) is 0 Å². The molecule has 2 rings (SSSR count). The molecule has 1 amide bonds. The molecular weight excluding hydrogens is 314 g/mol. The van der Waals surface area contributed by atoms with Crippen LogP contribution in [0.3, 0.4) is 0 Å². The number of hydrogen-bond acceptors (Lipinski definition) is 4. The van der Waals surface area contributed by atoms with Crippen LogP contribution < -0.4 is 16.0 Å². The first-order valence-corrected chi connectivity index (χ1v) is 7.68. The second-order valence-electron chi connectivity index (χ2n) is 4.09. The Morgan fingerprint density at radius 3 is 2.48 bits per heavy atom. The minimum Gasteiger partial charge on any atom is -0.290 e. The molecule has 0 saturated carbocycles. The fourth-order valence-corrected chi connectivity index (χ4v) is 3.00. The summed E-state index contributed by atoms with van der Waals surface area (Å²) in [5, 5.41) is 0.275. The van der Waals surface area contributed by atoms with Gasteiger partial charge in [0.05, 0.1) is 15.6 Å². The van der Waals surface area contributed by atoms with E-state index < -0.39 is 15.9 Å². The van der Waals surface area contributed by atoms with Gasteiger partial charge in [-0.2, -0.15) is 0 Å². The highest BCUT2D eigenvalue weighted by Crippen LogP contribution is 2.24. The van der Waals surface area contributed by atoms with Gasteiger partial charge in [0.1, 0.15) is 0 Å². The van der Waals surface area contributed by atoms with Gasteiger partial charge >= 0.3 is 0 Å². The molecule has 0 aliphatic rings. The third kappa shape index (κ3) is 3.52. The Hall–Kier alpha value is -2.09. The average Bonchev–Trinajstić information content (AvgIpc) is 2.49. The zero-order valence-corrected chi connectivity index (χ0v) is 12.3. The number of para-hydroxylation sites is 1. The molecule has 0 aliphatic carbocycles. The van der Waals surface area contributed by atoms with Crippen molar-refractivity contribution in [3.05, 3.63) is 59.1 Å². The first-order chi connectivity index (χ1) is 9.94.